The molecule has 0 radical (unpaired) electrons. The van der Waals surface area contributed by atoms with E-state index in [0.29, 0.717) is 22.3 Å². The SMILES string of the molecule is COC(=O)c1ccc(C(=O)OC)c(NC(=O)c2csc(Nc3ccc(OC)cc3OC)n2)c1. The molecule has 3 rings (SSSR count). The molecule has 0 saturated heterocycles. The Balaban J connectivity index is 1.82. The zero-order valence-corrected chi connectivity index (χ0v) is 19.1. The largest absolute Gasteiger partial charge is 0.497 e. The maximum atomic E-state index is 12.8. The highest BCUT2D eigenvalue weighted by Crippen LogP contribution is 2.32. The first-order valence-corrected chi connectivity index (χ1v) is 10.3. The predicted molar refractivity (Wildman–Crippen MR) is 122 cm³/mol. The predicted octanol–water partition coefficient (Wildman–Crippen LogP) is 3.73. The molecule has 11 heteroatoms. The molecule has 1 aromatic heterocycles. The summed E-state index contributed by atoms with van der Waals surface area (Å²) in [5.74, 6) is -0.692. The number of benzene rings is 2. The maximum Gasteiger partial charge on any atom is 0.339 e. The topological polar surface area (TPSA) is 125 Å². The van der Waals surface area contributed by atoms with Gasteiger partial charge in [0.1, 0.15) is 17.2 Å². The van der Waals surface area contributed by atoms with Gasteiger partial charge in [0.15, 0.2) is 5.13 Å². The lowest BCUT2D eigenvalue weighted by Gasteiger charge is -2.11. The van der Waals surface area contributed by atoms with Crippen molar-refractivity contribution in [3.63, 3.8) is 0 Å². The molecule has 3 aromatic rings. The third-order valence-electron chi connectivity index (χ3n) is 4.48. The number of ether oxygens (including phenoxy) is 4. The summed E-state index contributed by atoms with van der Waals surface area (Å²) in [7, 11) is 5.53. The number of thiazole rings is 1. The molecule has 0 atom stereocenters. The summed E-state index contributed by atoms with van der Waals surface area (Å²) in [6.07, 6.45) is 0. The second-order valence-electron chi connectivity index (χ2n) is 6.43. The summed E-state index contributed by atoms with van der Waals surface area (Å²) >= 11 is 1.20. The average Bonchev–Trinajstić information content (AvgIpc) is 3.31. The summed E-state index contributed by atoms with van der Waals surface area (Å²) in [4.78, 5) is 41.0. The van der Waals surface area contributed by atoms with Crippen LogP contribution in [0.1, 0.15) is 31.2 Å². The van der Waals surface area contributed by atoms with Crippen molar-refractivity contribution in [1.29, 1.82) is 0 Å². The Labute approximate surface area is 193 Å². The van der Waals surface area contributed by atoms with Crippen LogP contribution in [0.5, 0.6) is 11.5 Å². The van der Waals surface area contributed by atoms with Gasteiger partial charge in [-0.25, -0.2) is 14.6 Å². The van der Waals surface area contributed by atoms with Gasteiger partial charge in [-0.15, -0.1) is 11.3 Å². The lowest BCUT2D eigenvalue weighted by Crippen LogP contribution is -2.17. The van der Waals surface area contributed by atoms with Gasteiger partial charge in [-0.05, 0) is 30.3 Å². The molecule has 0 aliphatic rings. The summed E-state index contributed by atoms with van der Waals surface area (Å²) in [5, 5.41) is 7.70. The lowest BCUT2D eigenvalue weighted by molar-refractivity contribution is 0.0587. The number of carbonyl (C=O) groups is 3. The molecular weight excluding hydrogens is 450 g/mol. The van der Waals surface area contributed by atoms with Crippen LogP contribution < -0.4 is 20.1 Å². The first-order valence-electron chi connectivity index (χ1n) is 9.46. The normalized spacial score (nSPS) is 10.2. The molecule has 1 amide bonds. The summed E-state index contributed by atoms with van der Waals surface area (Å²) in [6, 6.07) is 9.35. The molecule has 1 heterocycles. The molecule has 2 N–H and O–H groups in total. The molecule has 0 aliphatic heterocycles. The highest BCUT2D eigenvalue weighted by molar-refractivity contribution is 7.14. The minimum absolute atomic E-state index is 0.0788. The third kappa shape index (κ3) is 5.39. The van der Waals surface area contributed by atoms with Gasteiger partial charge in [-0.3, -0.25) is 4.79 Å². The van der Waals surface area contributed by atoms with Gasteiger partial charge in [0.05, 0.1) is 50.9 Å². The van der Waals surface area contributed by atoms with E-state index in [1.807, 2.05) is 0 Å². The van der Waals surface area contributed by atoms with E-state index >= 15 is 0 Å². The van der Waals surface area contributed by atoms with Crippen LogP contribution in [0.15, 0.2) is 41.8 Å². The zero-order valence-electron chi connectivity index (χ0n) is 18.3. The van der Waals surface area contributed by atoms with E-state index in [1.54, 1.807) is 30.7 Å². The zero-order chi connectivity index (χ0) is 24.0. The molecule has 0 saturated carbocycles. The Morgan fingerprint density at radius 3 is 2.30 bits per heavy atom. The van der Waals surface area contributed by atoms with Crippen molar-refractivity contribution in [3.05, 3.63) is 58.6 Å². The number of rotatable bonds is 8. The molecular formula is C22H21N3O7S. The van der Waals surface area contributed by atoms with E-state index in [-0.39, 0.29) is 22.5 Å². The van der Waals surface area contributed by atoms with Crippen molar-refractivity contribution in [3.8, 4) is 11.5 Å². The average molecular weight is 471 g/mol. The minimum atomic E-state index is -0.672. The van der Waals surface area contributed by atoms with Crippen molar-refractivity contribution in [2.45, 2.75) is 0 Å². The number of amides is 1. The standard InChI is InChI=1S/C22H21N3O7S/c1-29-13-6-8-15(18(10-13)30-2)24-22-25-17(11-33-22)19(26)23-16-9-12(20(27)31-3)5-7-14(16)21(28)32-4/h5-11H,1-4H3,(H,23,26)(H,24,25). The van der Waals surface area contributed by atoms with Gasteiger partial charge < -0.3 is 29.6 Å². The second kappa shape index (κ2) is 10.5. The Hall–Kier alpha value is -4.12. The van der Waals surface area contributed by atoms with Crippen LogP contribution in [-0.2, 0) is 9.47 Å². The fourth-order valence-electron chi connectivity index (χ4n) is 2.82. The Morgan fingerprint density at radius 2 is 1.64 bits per heavy atom. The van der Waals surface area contributed by atoms with E-state index in [4.69, 9.17) is 18.9 Å². The van der Waals surface area contributed by atoms with Gasteiger partial charge in [-0.2, -0.15) is 0 Å². The van der Waals surface area contributed by atoms with E-state index in [9.17, 15) is 14.4 Å². The number of esters is 2. The van der Waals surface area contributed by atoms with Crippen molar-refractivity contribution in [1.82, 2.24) is 4.98 Å². The third-order valence-corrected chi connectivity index (χ3v) is 5.24. The first-order chi connectivity index (χ1) is 15.9. The van der Waals surface area contributed by atoms with Crippen molar-refractivity contribution in [2.75, 3.05) is 39.1 Å². The second-order valence-corrected chi connectivity index (χ2v) is 7.28. The van der Waals surface area contributed by atoms with Crippen molar-refractivity contribution in [2.24, 2.45) is 0 Å². The van der Waals surface area contributed by atoms with Crippen LogP contribution in [0.3, 0.4) is 0 Å². The van der Waals surface area contributed by atoms with Crippen LogP contribution in [0.2, 0.25) is 0 Å². The van der Waals surface area contributed by atoms with E-state index in [0.717, 1.165) is 0 Å². The lowest BCUT2D eigenvalue weighted by atomic mass is 10.1. The molecule has 0 unspecified atom stereocenters. The molecule has 0 bridgehead atoms. The van der Waals surface area contributed by atoms with Gasteiger partial charge in [-0.1, -0.05) is 0 Å². The molecule has 0 aliphatic carbocycles. The van der Waals surface area contributed by atoms with Gasteiger partial charge in [0.25, 0.3) is 5.91 Å². The van der Waals surface area contributed by atoms with Crippen LogP contribution in [0, 0.1) is 0 Å². The fourth-order valence-corrected chi connectivity index (χ4v) is 3.52. The Bertz CT molecular complexity index is 1190. The van der Waals surface area contributed by atoms with Crippen LogP contribution in [0.4, 0.5) is 16.5 Å². The van der Waals surface area contributed by atoms with Crippen molar-refractivity contribution >= 4 is 45.7 Å². The number of methoxy groups -OCH3 is 4. The first kappa shape index (κ1) is 23.5. The number of hydrogen-bond donors (Lipinski definition) is 2. The quantitative estimate of drug-likeness (QED) is 0.473. The van der Waals surface area contributed by atoms with E-state index in [1.165, 1.54) is 50.9 Å². The summed E-state index contributed by atoms with van der Waals surface area (Å²) in [5.41, 5.74) is 1.07. The van der Waals surface area contributed by atoms with E-state index < -0.39 is 17.8 Å². The Morgan fingerprint density at radius 1 is 0.879 bits per heavy atom. The van der Waals surface area contributed by atoms with Gasteiger partial charge in [0.2, 0.25) is 0 Å². The number of anilines is 3. The summed E-state index contributed by atoms with van der Waals surface area (Å²) in [6.45, 7) is 0. The van der Waals surface area contributed by atoms with Crippen LogP contribution in [0.25, 0.3) is 0 Å². The van der Waals surface area contributed by atoms with Gasteiger partial charge in [0, 0.05) is 11.4 Å². The highest BCUT2D eigenvalue weighted by Gasteiger charge is 2.19. The smallest absolute Gasteiger partial charge is 0.339 e. The maximum absolute atomic E-state index is 12.8. The molecule has 0 spiro atoms. The number of aromatic nitrogens is 1. The highest BCUT2D eigenvalue weighted by atomic mass is 32.1. The number of carbonyl (C=O) groups excluding carboxylic acids is 3. The molecule has 33 heavy (non-hydrogen) atoms. The van der Waals surface area contributed by atoms with Crippen LogP contribution in [-0.4, -0.2) is 51.3 Å². The number of nitrogens with zero attached hydrogens (tertiary/aromatic N) is 1. The molecule has 2 aromatic carbocycles. The monoisotopic (exact) mass is 471 g/mol. The summed E-state index contributed by atoms with van der Waals surface area (Å²) < 4.78 is 20.0. The molecule has 172 valence electrons. The molecule has 10 nitrogen and oxygen atoms in total. The van der Waals surface area contributed by atoms with Crippen LogP contribution >= 0.6 is 11.3 Å². The number of hydrogen-bond acceptors (Lipinski definition) is 10. The number of nitrogens with one attached hydrogen (secondary N) is 2. The van der Waals surface area contributed by atoms with Crippen molar-refractivity contribution < 1.29 is 33.3 Å². The minimum Gasteiger partial charge on any atom is -0.497 e. The van der Waals surface area contributed by atoms with E-state index in [2.05, 4.69) is 15.6 Å². The van der Waals surface area contributed by atoms with Gasteiger partial charge >= 0.3 is 11.9 Å². The fraction of sp³-hybridized carbons (Fsp3) is 0.182. The molecule has 0 fully saturated rings. The Kier molecular flexibility index (Phi) is 7.46.